The fourth-order valence-corrected chi connectivity index (χ4v) is 6.67. The van der Waals surface area contributed by atoms with Gasteiger partial charge in [0.1, 0.15) is 6.04 Å². The maximum absolute atomic E-state index is 13.6. The number of hydrogen-bond donors (Lipinski definition) is 5. The van der Waals surface area contributed by atoms with E-state index in [4.69, 9.17) is 15.0 Å². The SMILES string of the molecule is CCCNC(=O)/C=C\C(=O)N[C@@H](CCCN=C(N)N[N+](=O)[O-])C(=O)N[C@@H](CC(C)C)B1O[C@@H]2C[C@H]3C[C@H](C3(C)C)[C@]2(C)O1. The highest BCUT2D eigenvalue weighted by Crippen LogP contribution is 2.65. The zero-order chi connectivity index (χ0) is 31.9. The molecule has 0 aromatic carbocycles. The molecule has 240 valence electrons. The fourth-order valence-electron chi connectivity index (χ4n) is 6.67. The Morgan fingerprint density at radius 2 is 1.86 bits per heavy atom. The van der Waals surface area contributed by atoms with Gasteiger partial charge in [0.2, 0.25) is 17.7 Å². The van der Waals surface area contributed by atoms with E-state index in [-0.39, 0.29) is 36.4 Å². The Morgan fingerprint density at radius 3 is 2.49 bits per heavy atom. The molecule has 0 unspecified atom stereocenters. The van der Waals surface area contributed by atoms with E-state index < -0.39 is 47.5 Å². The molecule has 1 aliphatic heterocycles. The molecule has 4 rings (SSSR count). The number of rotatable bonds is 15. The summed E-state index contributed by atoms with van der Waals surface area (Å²) in [5.41, 5.74) is 6.99. The summed E-state index contributed by atoms with van der Waals surface area (Å²) in [6, 6.07) is -0.976. The molecule has 0 aromatic rings. The summed E-state index contributed by atoms with van der Waals surface area (Å²) >= 11 is 0. The Kier molecular flexibility index (Phi) is 11.6. The highest BCUT2D eigenvalue weighted by molar-refractivity contribution is 6.48. The lowest BCUT2D eigenvalue weighted by Crippen LogP contribution is -2.65. The van der Waals surface area contributed by atoms with Crippen LogP contribution in [0, 0.1) is 33.3 Å². The molecular formula is C28H48BN7O7. The highest BCUT2D eigenvalue weighted by Gasteiger charge is 2.68. The fraction of sp³-hybridized carbons (Fsp3) is 0.786. The van der Waals surface area contributed by atoms with Gasteiger partial charge in [-0.3, -0.25) is 14.4 Å². The first kappa shape index (κ1) is 34.3. The number of nitrogens with two attached hydrogens (primary N) is 1. The summed E-state index contributed by atoms with van der Waals surface area (Å²) in [5.74, 6) is -1.09. The number of nitrogens with zero attached hydrogens (tertiary/aromatic N) is 2. The maximum atomic E-state index is 13.6. The molecule has 2 bridgehead atoms. The molecule has 43 heavy (non-hydrogen) atoms. The first-order valence-electron chi connectivity index (χ1n) is 15.3. The minimum atomic E-state index is -0.976. The summed E-state index contributed by atoms with van der Waals surface area (Å²) in [5, 5.41) is 18.1. The Labute approximate surface area is 254 Å². The summed E-state index contributed by atoms with van der Waals surface area (Å²) < 4.78 is 13.1. The van der Waals surface area contributed by atoms with Gasteiger partial charge in [0.05, 0.1) is 17.6 Å². The third-order valence-corrected chi connectivity index (χ3v) is 9.06. The van der Waals surface area contributed by atoms with Crippen molar-refractivity contribution in [1.29, 1.82) is 0 Å². The molecule has 3 aliphatic carbocycles. The molecule has 3 saturated carbocycles. The number of guanidine groups is 1. The van der Waals surface area contributed by atoms with Crippen LogP contribution in [0.3, 0.4) is 0 Å². The van der Waals surface area contributed by atoms with Crippen LogP contribution in [0.1, 0.15) is 80.1 Å². The molecule has 14 nitrogen and oxygen atoms in total. The van der Waals surface area contributed by atoms with Gasteiger partial charge < -0.3 is 31.0 Å². The largest absolute Gasteiger partial charge is 0.481 e. The molecule has 0 aromatic heterocycles. The van der Waals surface area contributed by atoms with Crippen molar-refractivity contribution in [3.05, 3.63) is 22.3 Å². The van der Waals surface area contributed by atoms with Crippen molar-refractivity contribution < 1.29 is 28.7 Å². The normalized spacial score (nSPS) is 27.2. The molecule has 6 atom stereocenters. The second kappa shape index (κ2) is 14.5. The average Bonchev–Trinajstić information content (AvgIpc) is 3.28. The van der Waals surface area contributed by atoms with Crippen LogP contribution in [0.25, 0.3) is 0 Å². The third-order valence-electron chi connectivity index (χ3n) is 9.06. The topological polar surface area (TPSA) is 199 Å². The van der Waals surface area contributed by atoms with Crippen molar-refractivity contribution in [2.24, 2.45) is 33.9 Å². The number of carbonyl (C=O) groups excluding carboxylic acids is 3. The van der Waals surface area contributed by atoms with Crippen LogP contribution in [0.5, 0.6) is 0 Å². The van der Waals surface area contributed by atoms with Crippen molar-refractivity contribution in [3.63, 3.8) is 0 Å². The summed E-state index contributed by atoms with van der Waals surface area (Å²) in [4.78, 5) is 52.7. The standard InChI is InChI=1S/C28H48BN7O7/c1-7-12-31-23(37)10-11-24(38)33-19(9-8-13-32-26(30)35-36(40)41)25(39)34-22(14-17(2)3)29-42-21-16-18-15-20(27(18,4)5)28(21,6)43-29/h10-11,17-22H,7-9,12-16H2,1-6H3,(H,31,37)(H,33,38)(H,34,39)(H3,30,32,35)/b11-10-/t18-,19+,20-,21-,22+,28+/m1/s1. The molecular weight excluding hydrogens is 557 g/mol. The van der Waals surface area contributed by atoms with E-state index in [1.807, 2.05) is 6.92 Å². The first-order valence-corrected chi connectivity index (χ1v) is 15.3. The lowest BCUT2D eigenvalue weighted by atomic mass is 9.43. The smallest absolute Gasteiger partial charge is 0.404 e. The van der Waals surface area contributed by atoms with E-state index in [2.05, 4.69) is 55.6 Å². The Hall–Kier alpha value is -3.20. The number of hydrazine groups is 1. The number of hydrogen-bond acceptors (Lipinski definition) is 8. The highest BCUT2D eigenvalue weighted by atomic mass is 16.7. The van der Waals surface area contributed by atoms with Crippen molar-refractivity contribution in [1.82, 2.24) is 21.4 Å². The quantitative estimate of drug-likeness (QED) is 0.0346. The van der Waals surface area contributed by atoms with Gasteiger partial charge in [-0.1, -0.05) is 40.0 Å². The van der Waals surface area contributed by atoms with Gasteiger partial charge in [-0.2, -0.15) is 0 Å². The Balaban J connectivity index is 1.70. The van der Waals surface area contributed by atoms with Gasteiger partial charge in [-0.05, 0) is 68.6 Å². The zero-order valence-electron chi connectivity index (χ0n) is 26.2. The molecule has 15 heteroatoms. The van der Waals surface area contributed by atoms with Crippen LogP contribution in [-0.2, 0) is 23.7 Å². The summed E-state index contributed by atoms with van der Waals surface area (Å²) in [7, 11) is -0.632. The summed E-state index contributed by atoms with van der Waals surface area (Å²) in [6.07, 6.45) is 6.00. The van der Waals surface area contributed by atoms with Crippen molar-refractivity contribution in [3.8, 4) is 0 Å². The first-order chi connectivity index (χ1) is 20.2. The van der Waals surface area contributed by atoms with Crippen LogP contribution in [0.15, 0.2) is 17.1 Å². The van der Waals surface area contributed by atoms with E-state index in [0.29, 0.717) is 31.2 Å². The molecule has 4 aliphatic rings. The van der Waals surface area contributed by atoms with Crippen LogP contribution in [0.4, 0.5) is 0 Å². The van der Waals surface area contributed by atoms with Gasteiger partial charge in [-0.25, -0.2) is 15.1 Å². The van der Waals surface area contributed by atoms with E-state index in [1.54, 1.807) is 5.43 Å². The molecule has 1 heterocycles. The van der Waals surface area contributed by atoms with E-state index in [1.165, 1.54) is 0 Å². The van der Waals surface area contributed by atoms with Gasteiger partial charge in [0.15, 0.2) is 5.03 Å². The number of amides is 3. The molecule has 6 N–H and O–H groups in total. The van der Waals surface area contributed by atoms with E-state index >= 15 is 0 Å². The zero-order valence-corrected chi connectivity index (χ0v) is 26.2. The van der Waals surface area contributed by atoms with Gasteiger partial charge in [-0.15, -0.1) is 0 Å². The second-order valence-corrected chi connectivity index (χ2v) is 13.0. The number of nitrogens with one attached hydrogen (secondary N) is 4. The molecule has 3 amide bonds. The minimum absolute atomic E-state index is 0.0450. The molecule has 0 radical (unpaired) electrons. The van der Waals surface area contributed by atoms with Crippen molar-refractivity contribution in [2.45, 2.75) is 104 Å². The van der Waals surface area contributed by atoms with Gasteiger partial charge in [0, 0.05) is 25.2 Å². The molecule has 4 fully saturated rings. The van der Waals surface area contributed by atoms with Crippen LogP contribution < -0.4 is 27.1 Å². The van der Waals surface area contributed by atoms with Crippen molar-refractivity contribution in [2.75, 3.05) is 13.1 Å². The van der Waals surface area contributed by atoms with Gasteiger partial charge >= 0.3 is 7.12 Å². The van der Waals surface area contributed by atoms with Crippen LogP contribution in [0.2, 0.25) is 0 Å². The minimum Gasteiger partial charge on any atom is -0.404 e. The second-order valence-electron chi connectivity index (χ2n) is 13.0. The third kappa shape index (κ3) is 8.68. The van der Waals surface area contributed by atoms with E-state index in [9.17, 15) is 24.5 Å². The predicted molar refractivity (Wildman–Crippen MR) is 162 cm³/mol. The number of nitro groups is 1. The molecule has 1 saturated heterocycles. The van der Waals surface area contributed by atoms with Crippen molar-refractivity contribution >= 4 is 30.8 Å². The Bertz CT molecular complexity index is 1100. The Morgan fingerprint density at radius 1 is 1.16 bits per heavy atom. The predicted octanol–water partition coefficient (Wildman–Crippen LogP) is 1.23. The van der Waals surface area contributed by atoms with Gasteiger partial charge in [0.25, 0.3) is 5.96 Å². The molecule has 0 spiro atoms. The van der Waals surface area contributed by atoms with Crippen LogP contribution >= 0.6 is 0 Å². The lowest BCUT2D eigenvalue weighted by Gasteiger charge is -2.64. The summed E-state index contributed by atoms with van der Waals surface area (Å²) in [6.45, 7) is 13.3. The maximum Gasteiger partial charge on any atom is 0.481 e. The monoisotopic (exact) mass is 605 g/mol. The number of aliphatic imine (C=N–C) groups is 1. The number of carbonyl (C=O) groups is 3. The lowest BCUT2D eigenvalue weighted by molar-refractivity contribution is -0.525. The van der Waals surface area contributed by atoms with E-state index in [0.717, 1.165) is 31.4 Å². The van der Waals surface area contributed by atoms with Crippen LogP contribution in [-0.4, -0.2) is 72.6 Å². The average molecular weight is 606 g/mol.